The maximum atomic E-state index is 5.46. The molecule has 46 valence electrons. The number of imidazole rings is 1. The fourth-order valence-corrected chi connectivity index (χ4v) is 0.663. The molecule has 0 aliphatic rings. The molecule has 0 fully saturated rings. The van der Waals surface area contributed by atoms with Gasteiger partial charge in [-0.05, 0) is 5.92 Å². The summed E-state index contributed by atoms with van der Waals surface area (Å²) in [5.41, 5.74) is 0. The number of terminal acetylenes is 1. The minimum Gasteiger partial charge on any atom is -0.321 e. The third kappa shape index (κ3) is 1.18. The summed E-state index contributed by atoms with van der Waals surface area (Å²) >= 11 is 10.9. The summed E-state index contributed by atoms with van der Waals surface area (Å²) in [5.74, 6) is 2.60. The first kappa shape index (κ1) is 6.47. The average molecular weight is 161 g/mol. The molecule has 1 rings (SSSR count). The van der Waals surface area contributed by atoms with Gasteiger partial charge in [-0.1, -0.05) is 23.2 Å². The number of hydrogen-bond acceptors (Lipinski definition) is 1. The summed E-state index contributed by atoms with van der Waals surface area (Å²) < 4.78 is 0. The van der Waals surface area contributed by atoms with Crippen molar-refractivity contribution in [2.75, 3.05) is 0 Å². The highest BCUT2D eigenvalue weighted by Crippen LogP contribution is 2.16. The lowest BCUT2D eigenvalue weighted by Gasteiger charge is -1.73. The quantitative estimate of drug-likeness (QED) is 0.576. The van der Waals surface area contributed by atoms with Crippen molar-refractivity contribution in [1.29, 1.82) is 0 Å². The smallest absolute Gasteiger partial charge is 0.185 e. The third-order valence-electron chi connectivity index (χ3n) is 0.756. The second-order valence-electron chi connectivity index (χ2n) is 1.33. The van der Waals surface area contributed by atoms with Crippen LogP contribution >= 0.6 is 23.2 Å². The van der Waals surface area contributed by atoms with Crippen LogP contribution in [0.1, 0.15) is 5.82 Å². The molecular formula is C5H2Cl2N2. The van der Waals surface area contributed by atoms with Gasteiger partial charge in [-0.15, -0.1) is 6.42 Å². The fraction of sp³-hybridized carbons (Fsp3) is 0. The maximum absolute atomic E-state index is 5.46. The van der Waals surface area contributed by atoms with Gasteiger partial charge in [0, 0.05) is 0 Å². The molecule has 1 aromatic heterocycles. The predicted molar refractivity (Wildman–Crippen MR) is 36.5 cm³/mol. The second kappa shape index (κ2) is 2.30. The zero-order chi connectivity index (χ0) is 6.85. The number of rotatable bonds is 0. The van der Waals surface area contributed by atoms with Gasteiger partial charge in [0.05, 0.1) is 0 Å². The van der Waals surface area contributed by atoms with Crippen LogP contribution in [0.3, 0.4) is 0 Å². The number of halogens is 2. The van der Waals surface area contributed by atoms with E-state index in [0.717, 1.165) is 0 Å². The van der Waals surface area contributed by atoms with Crippen LogP contribution in [-0.2, 0) is 0 Å². The number of aromatic amines is 1. The molecule has 0 atom stereocenters. The highest BCUT2D eigenvalue weighted by atomic mass is 35.5. The standard InChI is InChI=1S/C5H2Cl2N2/c1-2-3-8-4(6)5(7)9-3/h1H,(H,8,9). The van der Waals surface area contributed by atoms with Crippen molar-refractivity contribution in [3.05, 3.63) is 16.1 Å². The molecule has 0 aliphatic heterocycles. The summed E-state index contributed by atoms with van der Waals surface area (Å²) in [6.45, 7) is 0. The molecule has 0 amide bonds. The number of hydrogen-bond donors (Lipinski definition) is 1. The third-order valence-corrected chi connectivity index (χ3v) is 1.40. The number of nitrogens with one attached hydrogen (secondary N) is 1. The average Bonchev–Trinajstić information content (AvgIpc) is 2.13. The Balaban J connectivity index is 3.16. The Labute approximate surface area is 62.2 Å². The van der Waals surface area contributed by atoms with Gasteiger partial charge in [0.15, 0.2) is 11.0 Å². The van der Waals surface area contributed by atoms with E-state index in [4.69, 9.17) is 29.6 Å². The SMILES string of the molecule is C#Cc1nc(Cl)c(Cl)[nH]1. The number of aromatic nitrogens is 2. The molecule has 0 saturated heterocycles. The molecule has 9 heavy (non-hydrogen) atoms. The zero-order valence-corrected chi connectivity index (χ0v) is 5.79. The van der Waals surface area contributed by atoms with Crippen LogP contribution in [0.4, 0.5) is 0 Å². The molecule has 0 saturated carbocycles. The van der Waals surface area contributed by atoms with E-state index < -0.39 is 0 Å². The number of H-pyrrole nitrogens is 1. The molecular weight excluding hydrogens is 159 g/mol. The predicted octanol–water partition coefficient (Wildman–Crippen LogP) is 1.70. The van der Waals surface area contributed by atoms with Crippen molar-refractivity contribution in [3.8, 4) is 12.3 Å². The summed E-state index contributed by atoms with van der Waals surface area (Å²) in [4.78, 5) is 6.25. The van der Waals surface area contributed by atoms with Gasteiger partial charge in [0.1, 0.15) is 5.15 Å². The Morgan fingerprint density at radius 1 is 1.56 bits per heavy atom. The van der Waals surface area contributed by atoms with Crippen molar-refractivity contribution in [1.82, 2.24) is 9.97 Å². The summed E-state index contributed by atoms with van der Waals surface area (Å²) in [5, 5.41) is 0.495. The molecule has 0 bridgehead atoms. The highest BCUT2D eigenvalue weighted by Gasteiger charge is 2.01. The normalized spacial score (nSPS) is 9.00. The van der Waals surface area contributed by atoms with E-state index in [1.165, 1.54) is 0 Å². The van der Waals surface area contributed by atoms with Gasteiger partial charge in [-0.2, -0.15) is 0 Å². The molecule has 2 nitrogen and oxygen atoms in total. The minimum atomic E-state index is 0.213. The molecule has 1 heterocycles. The van der Waals surface area contributed by atoms with Crippen LogP contribution in [0.15, 0.2) is 0 Å². The van der Waals surface area contributed by atoms with Crippen molar-refractivity contribution in [3.63, 3.8) is 0 Å². The van der Waals surface area contributed by atoms with Gasteiger partial charge >= 0.3 is 0 Å². The Morgan fingerprint density at radius 2 is 2.22 bits per heavy atom. The van der Waals surface area contributed by atoms with E-state index in [0.29, 0.717) is 5.82 Å². The molecule has 1 N–H and O–H groups in total. The van der Waals surface area contributed by atoms with E-state index in [9.17, 15) is 0 Å². The van der Waals surface area contributed by atoms with Gasteiger partial charge in [-0.25, -0.2) is 4.98 Å². The van der Waals surface area contributed by atoms with E-state index in [2.05, 4.69) is 15.9 Å². The first-order valence-electron chi connectivity index (χ1n) is 2.11. The molecule has 0 radical (unpaired) electrons. The van der Waals surface area contributed by atoms with Gasteiger partial charge in [0.2, 0.25) is 0 Å². The Bertz CT molecular complexity index is 239. The first-order chi connectivity index (χ1) is 4.24. The molecule has 0 aliphatic carbocycles. The van der Waals surface area contributed by atoms with Crippen LogP contribution in [0.5, 0.6) is 0 Å². The van der Waals surface area contributed by atoms with Crippen LogP contribution < -0.4 is 0 Å². The lowest BCUT2D eigenvalue weighted by molar-refractivity contribution is 1.26. The van der Waals surface area contributed by atoms with Crippen molar-refractivity contribution in [2.45, 2.75) is 0 Å². The lowest BCUT2D eigenvalue weighted by Crippen LogP contribution is -1.72. The van der Waals surface area contributed by atoms with E-state index in [-0.39, 0.29) is 10.3 Å². The Kier molecular flexibility index (Phi) is 1.65. The van der Waals surface area contributed by atoms with Gasteiger partial charge in [-0.3, -0.25) is 0 Å². The topological polar surface area (TPSA) is 28.7 Å². The van der Waals surface area contributed by atoms with Crippen LogP contribution in [0, 0.1) is 12.3 Å². The molecule has 0 spiro atoms. The van der Waals surface area contributed by atoms with Gasteiger partial charge in [0.25, 0.3) is 0 Å². The van der Waals surface area contributed by atoms with E-state index >= 15 is 0 Å². The largest absolute Gasteiger partial charge is 0.321 e. The van der Waals surface area contributed by atoms with E-state index in [1.807, 2.05) is 0 Å². The fourth-order valence-electron chi connectivity index (χ4n) is 0.399. The minimum absolute atomic E-state index is 0.213. The van der Waals surface area contributed by atoms with Crippen molar-refractivity contribution in [2.24, 2.45) is 0 Å². The van der Waals surface area contributed by atoms with Crippen LogP contribution in [0.25, 0.3) is 0 Å². The second-order valence-corrected chi connectivity index (χ2v) is 2.07. The van der Waals surface area contributed by atoms with Gasteiger partial charge < -0.3 is 4.98 Å². The maximum Gasteiger partial charge on any atom is 0.185 e. The summed E-state index contributed by atoms with van der Waals surface area (Å²) in [6.07, 6.45) is 4.97. The Morgan fingerprint density at radius 3 is 2.44 bits per heavy atom. The highest BCUT2D eigenvalue weighted by molar-refractivity contribution is 6.40. The molecule has 0 aromatic carbocycles. The summed E-state index contributed by atoms with van der Waals surface area (Å²) in [7, 11) is 0. The van der Waals surface area contributed by atoms with Crippen LogP contribution in [-0.4, -0.2) is 9.97 Å². The van der Waals surface area contributed by atoms with E-state index in [1.54, 1.807) is 0 Å². The molecule has 4 heteroatoms. The number of nitrogens with zero attached hydrogens (tertiary/aromatic N) is 1. The molecule has 0 unspecified atom stereocenters. The Hall–Kier alpha value is -0.650. The lowest BCUT2D eigenvalue weighted by atomic mass is 10.7. The molecule has 1 aromatic rings. The summed E-state index contributed by atoms with van der Waals surface area (Å²) in [6, 6.07) is 0. The zero-order valence-electron chi connectivity index (χ0n) is 4.28. The first-order valence-corrected chi connectivity index (χ1v) is 2.87. The van der Waals surface area contributed by atoms with Crippen LogP contribution in [0.2, 0.25) is 10.3 Å². The van der Waals surface area contributed by atoms with Crippen molar-refractivity contribution < 1.29 is 0 Å². The van der Waals surface area contributed by atoms with Crippen molar-refractivity contribution >= 4 is 23.2 Å². The monoisotopic (exact) mass is 160 g/mol.